The van der Waals surface area contributed by atoms with Gasteiger partial charge in [-0.3, -0.25) is 0 Å². The van der Waals surface area contributed by atoms with Crippen LogP contribution in [0, 0.1) is 0 Å². The highest BCUT2D eigenvalue weighted by atomic mass is 15.1. The SMILES string of the molecule is c1ccc(-c2c3ccccc3c(-c3ccccc3)c3cc(-c4ccc(N(c5ccc6c(c5)C5(c7ccccc7-c7ccccc75)c5ccccc5-6)c5ccc6c(c5)c5ccccc5n6-c5ccccc5)cc4)ccc23)cc1. The zero-order valence-electron chi connectivity index (χ0n) is 42.1. The Morgan fingerprint density at radius 1 is 0.247 bits per heavy atom. The number of fused-ring (bicyclic) bond motifs is 15. The van der Waals surface area contributed by atoms with Gasteiger partial charge in [-0.2, -0.15) is 0 Å². The molecule has 0 bridgehead atoms. The molecule has 1 spiro atoms. The second-order valence-electron chi connectivity index (χ2n) is 20.7. The molecule has 0 radical (unpaired) electrons. The van der Waals surface area contributed by atoms with Gasteiger partial charge in [0.15, 0.2) is 0 Å². The number of hydrogen-bond donors (Lipinski definition) is 0. The van der Waals surface area contributed by atoms with E-state index in [1.54, 1.807) is 0 Å². The number of aromatic nitrogens is 1. The van der Waals surface area contributed by atoms with Gasteiger partial charge < -0.3 is 9.47 Å². The Balaban J connectivity index is 0.906. The predicted molar refractivity (Wildman–Crippen MR) is 323 cm³/mol. The van der Waals surface area contributed by atoms with Gasteiger partial charge in [-0.25, -0.2) is 0 Å². The van der Waals surface area contributed by atoms with Crippen LogP contribution in [0.2, 0.25) is 0 Å². The molecule has 2 aliphatic carbocycles. The van der Waals surface area contributed by atoms with Crippen molar-refractivity contribution >= 4 is 60.4 Å². The Labute approximate surface area is 447 Å². The Morgan fingerprint density at radius 2 is 0.688 bits per heavy atom. The molecule has 2 heteroatoms. The van der Waals surface area contributed by atoms with Crippen molar-refractivity contribution in [2.45, 2.75) is 5.41 Å². The van der Waals surface area contributed by atoms with E-state index in [0.29, 0.717) is 0 Å². The Morgan fingerprint density at radius 3 is 1.31 bits per heavy atom. The molecule has 13 aromatic carbocycles. The molecule has 2 aliphatic rings. The van der Waals surface area contributed by atoms with E-state index < -0.39 is 5.41 Å². The van der Waals surface area contributed by atoms with E-state index >= 15 is 0 Å². The molecule has 77 heavy (non-hydrogen) atoms. The Hall–Kier alpha value is -10.0. The van der Waals surface area contributed by atoms with E-state index in [2.05, 4.69) is 301 Å². The third kappa shape index (κ3) is 6.37. The molecule has 1 aromatic heterocycles. The van der Waals surface area contributed by atoms with Crippen LogP contribution in [0.4, 0.5) is 17.1 Å². The summed E-state index contributed by atoms with van der Waals surface area (Å²) in [4.78, 5) is 2.48. The zero-order chi connectivity index (χ0) is 50.6. The van der Waals surface area contributed by atoms with Gasteiger partial charge in [-0.05, 0) is 166 Å². The minimum atomic E-state index is -0.474. The number of para-hydroxylation sites is 2. The quantitative estimate of drug-likeness (QED) is 0.145. The second-order valence-corrected chi connectivity index (χ2v) is 20.7. The molecule has 16 rings (SSSR count). The fourth-order valence-corrected chi connectivity index (χ4v) is 13.6. The average Bonchev–Trinajstić information content (AvgIpc) is 4.11. The number of rotatable bonds is 7. The van der Waals surface area contributed by atoms with Crippen LogP contribution in [0.3, 0.4) is 0 Å². The van der Waals surface area contributed by atoms with E-state index in [9.17, 15) is 0 Å². The van der Waals surface area contributed by atoms with Crippen LogP contribution < -0.4 is 4.90 Å². The van der Waals surface area contributed by atoms with Gasteiger partial charge in [0.05, 0.1) is 16.4 Å². The maximum Gasteiger partial charge on any atom is 0.0726 e. The Kier molecular flexibility index (Phi) is 9.58. The summed E-state index contributed by atoms with van der Waals surface area (Å²) in [5.74, 6) is 0. The van der Waals surface area contributed by atoms with Crippen LogP contribution in [0.5, 0.6) is 0 Å². The van der Waals surface area contributed by atoms with E-state index in [0.717, 1.165) is 28.3 Å². The predicted octanol–water partition coefficient (Wildman–Crippen LogP) is 19.9. The molecule has 2 nitrogen and oxygen atoms in total. The van der Waals surface area contributed by atoms with Gasteiger partial charge in [0, 0.05) is 33.5 Å². The maximum atomic E-state index is 2.50. The van der Waals surface area contributed by atoms with E-state index in [1.165, 1.54) is 116 Å². The maximum absolute atomic E-state index is 2.50. The van der Waals surface area contributed by atoms with Crippen LogP contribution in [0.25, 0.3) is 105 Å². The van der Waals surface area contributed by atoms with Crippen molar-refractivity contribution in [2.24, 2.45) is 0 Å². The van der Waals surface area contributed by atoms with Crippen LogP contribution >= 0.6 is 0 Å². The summed E-state index contributed by atoms with van der Waals surface area (Å²) >= 11 is 0. The fraction of sp³-hybridized carbons (Fsp3) is 0.0133. The number of benzene rings is 13. The highest BCUT2D eigenvalue weighted by Gasteiger charge is 2.51. The van der Waals surface area contributed by atoms with Crippen LogP contribution in [0.1, 0.15) is 22.3 Å². The molecule has 0 aliphatic heterocycles. The summed E-state index contributed by atoms with van der Waals surface area (Å²) in [6, 6.07) is 108. The summed E-state index contributed by atoms with van der Waals surface area (Å²) < 4.78 is 2.40. The van der Waals surface area contributed by atoms with Gasteiger partial charge in [0.2, 0.25) is 0 Å². The van der Waals surface area contributed by atoms with Crippen molar-refractivity contribution in [1.29, 1.82) is 0 Å². The summed E-state index contributed by atoms with van der Waals surface area (Å²) in [6.07, 6.45) is 0. The summed E-state index contributed by atoms with van der Waals surface area (Å²) in [7, 11) is 0. The fourth-order valence-electron chi connectivity index (χ4n) is 13.6. The smallest absolute Gasteiger partial charge is 0.0726 e. The lowest BCUT2D eigenvalue weighted by atomic mass is 9.70. The summed E-state index contributed by atoms with van der Waals surface area (Å²) in [6.45, 7) is 0. The van der Waals surface area contributed by atoms with E-state index in [1.807, 2.05) is 0 Å². The molecule has 0 saturated carbocycles. The molecular weight excluding hydrogens is 929 g/mol. The van der Waals surface area contributed by atoms with Gasteiger partial charge >= 0.3 is 0 Å². The molecule has 0 fully saturated rings. The van der Waals surface area contributed by atoms with Crippen LogP contribution in [-0.2, 0) is 5.41 Å². The molecule has 0 atom stereocenters. The number of nitrogens with zero attached hydrogens (tertiary/aromatic N) is 2. The minimum Gasteiger partial charge on any atom is -0.310 e. The molecule has 0 N–H and O–H groups in total. The first-order chi connectivity index (χ1) is 38.2. The lowest BCUT2D eigenvalue weighted by Gasteiger charge is -2.32. The highest BCUT2D eigenvalue weighted by Crippen LogP contribution is 2.63. The van der Waals surface area contributed by atoms with Crippen molar-refractivity contribution in [1.82, 2.24) is 4.57 Å². The third-order valence-corrected chi connectivity index (χ3v) is 16.8. The van der Waals surface area contributed by atoms with Gasteiger partial charge in [0.25, 0.3) is 0 Å². The van der Waals surface area contributed by atoms with Crippen molar-refractivity contribution in [3.8, 4) is 61.3 Å². The lowest BCUT2D eigenvalue weighted by Crippen LogP contribution is -2.26. The normalized spacial score (nSPS) is 12.8. The molecule has 358 valence electrons. The first kappa shape index (κ1) is 43.4. The second kappa shape index (κ2) is 17.0. The van der Waals surface area contributed by atoms with Gasteiger partial charge in [-0.1, -0.05) is 224 Å². The van der Waals surface area contributed by atoms with Crippen LogP contribution in [-0.4, -0.2) is 4.57 Å². The van der Waals surface area contributed by atoms with Crippen LogP contribution in [0.15, 0.2) is 291 Å². The van der Waals surface area contributed by atoms with Crippen molar-refractivity contribution in [3.63, 3.8) is 0 Å². The molecule has 0 amide bonds. The molecule has 1 heterocycles. The van der Waals surface area contributed by atoms with Crippen molar-refractivity contribution in [3.05, 3.63) is 313 Å². The lowest BCUT2D eigenvalue weighted by molar-refractivity contribution is 0.793. The number of hydrogen-bond acceptors (Lipinski definition) is 1. The molecular formula is C75H48N2. The topological polar surface area (TPSA) is 8.17 Å². The minimum absolute atomic E-state index is 0.474. The molecule has 0 saturated heterocycles. The largest absolute Gasteiger partial charge is 0.310 e. The monoisotopic (exact) mass is 976 g/mol. The van der Waals surface area contributed by atoms with Gasteiger partial charge in [-0.15, -0.1) is 0 Å². The zero-order valence-corrected chi connectivity index (χ0v) is 42.1. The average molecular weight is 977 g/mol. The molecule has 14 aromatic rings. The van der Waals surface area contributed by atoms with E-state index in [4.69, 9.17) is 0 Å². The van der Waals surface area contributed by atoms with E-state index in [-0.39, 0.29) is 0 Å². The molecule has 0 unspecified atom stereocenters. The summed E-state index contributed by atoms with van der Waals surface area (Å²) in [5.41, 5.74) is 24.1. The Bertz CT molecular complexity index is 4600. The summed E-state index contributed by atoms with van der Waals surface area (Å²) in [5, 5.41) is 7.42. The van der Waals surface area contributed by atoms with Crippen molar-refractivity contribution in [2.75, 3.05) is 4.90 Å². The first-order valence-electron chi connectivity index (χ1n) is 26.7. The highest BCUT2D eigenvalue weighted by molar-refractivity contribution is 6.22. The number of anilines is 3. The first-order valence-corrected chi connectivity index (χ1v) is 26.7. The standard InChI is InChI=1S/C75H48N2/c1-4-20-50(21-5-1)73-62-30-10-11-31-63(62)74(51-22-6-2-7-23-51)66-46-52(38-43-64(66)73)49-36-39-54(40-37-49)76(55-42-45-72-65(47-55)61-29-15-19-35-71(61)77(72)53-24-8-3-9-25-53)56-41-44-60-59-28-14-18-34-69(59)75(70(60)48-56)67-32-16-12-26-57(67)58-27-13-17-33-68(58)75/h1-48H. The van der Waals surface area contributed by atoms with Gasteiger partial charge in [0.1, 0.15) is 0 Å². The van der Waals surface area contributed by atoms with Crippen molar-refractivity contribution < 1.29 is 0 Å². The third-order valence-electron chi connectivity index (χ3n) is 16.8.